The van der Waals surface area contributed by atoms with E-state index in [1.807, 2.05) is 24.3 Å². The molecule has 5 nitrogen and oxygen atoms in total. The second-order valence-electron chi connectivity index (χ2n) is 4.84. The van der Waals surface area contributed by atoms with Crippen LogP contribution in [0.25, 0.3) is 0 Å². The van der Waals surface area contributed by atoms with Gasteiger partial charge in [-0.3, -0.25) is 4.79 Å². The van der Waals surface area contributed by atoms with Crippen molar-refractivity contribution in [2.24, 2.45) is 0 Å². The third-order valence-electron chi connectivity index (χ3n) is 3.43. The van der Waals surface area contributed by atoms with Gasteiger partial charge in [-0.1, -0.05) is 12.1 Å². The van der Waals surface area contributed by atoms with E-state index >= 15 is 0 Å². The number of hydrogen-bond acceptors (Lipinski definition) is 4. The van der Waals surface area contributed by atoms with Crippen LogP contribution in [0, 0.1) is 0 Å². The van der Waals surface area contributed by atoms with Crippen molar-refractivity contribution in [2.75, 3.05) is 24.4 Å². The van der Waals surface area contributed by atoms with Gasteiger partial charge in [0.1, 0.15) is 11.5 Å². The molecule has 1 heterocycles. The molecule has 2 N–H and O–H groups in total. The molecule has 5 heteroatoms. The van der Waals surface area contributed by atoms with Gasteiger partial charge < -0.3 is 20.1 Å². The Kier molecular flexibility index (Phi) is 3.39. The molecule has 108 valence electrons. The number of ether oxygens (including phenoxy) is 2. The van der Waals surface area contributed by atoms with Crippen LogP contribution < -0.4 is 20.1 Å². The largest absolute Gasteiger partial charge is 0.497 e. The third kappa shape index (κ3) is 2.63. The Hall–Kier alpha value is -2.69. The van der Waals surface area contributed by atoms with Gasteiger partial charge in [0.25, 0.3) is 5.91 Å². The fourth-order valence-electron chi connectivity index (χ4n) is 2.31. The minimum absolute atomic E-state index is 0.0487. The predicted molar refractivity (Wildman–Crippen MR) is 80.5 cm³/mol. The highest BCUT2D eigenvalue weighted by molar-refractivity contribution is 5.98. The van der Waals surface area contributed by atoms with Crippen molar-refractivity contribution >= 4 is 17.3 Å². The lowest BCUT2D eigenvalue weighted by molar-refractivity contribution is -0.121. The van der Waals surface area contributed by atoms with Crippen molar-refractivity contribution in [3.8, 4) is 11.5 Å². The fourth-order valence-corrected chi connectivity index (χ4v) is 2.31. The van der Waals surface area contributed by atoms with Crippen LogP contribution in [0.5, 0.6) is 11.5 Å². The number of anilines is 2. The van der Waals surface area contributed by atoms with Gasteiger partial charge in [0.2, 0.25) is 0 Å². The van der Waals surface area contributed by atoms with E-state index in [0.717, 1.165) is 11.3 Å². The quantitative estimate of drug-likeness (QED) is 0.878. The molecule has 1 amide bonds. The minimum Gasteiger partial charge on any atom is -0.497 e. The molecular formula is C16H16N2O3. The zero-order valence-electron chi connectivity index (χ0n) is 11.7. The SMILES string of the molecule is COc1ccc(CN2C(=O)COc3ccc(N)cc32)cc1. The maximum absolute atomic E-state index is 12.1. The van der Waals surface area contributed by atoms with Gasteiger partial charge in [-0.25, -0.2) is 0 Å². The number of rotatable bonds is 3. The first-order valence-electron chi connectivity index (χ1n) is 6.63. The van der Waals surface area contributed by atoms with Crippen molar-refractivity contribution in [2.45, 2.75) is 6.54 Å². The van der Waals surface area contributed by atoms with E-state index in [1.165, 1.54) is 0 Å². The molecule has 1 aliphatic rings. The number of hydrogen-bond donors (Lipinski definition) is 1. The molecule has 21 heavy (non-hydrogen) atoms. The van der Waals surface area contributed by atoms with Crippen LogP contribution in [0.2, 0.25) is 0 Å². The molecule has 0 saturated carbocycles. The van der Waals surface area contributed by atoms with E-state index in [-0.39, 0.29) is 12.5 Å². The van der Waals surface area contributed by atoms with Gasteiger partial charge in [-0.15, -0.1) is 0 Å². The molecule has 0 unspecified atom stereocenters. The molecule has 0 spiro atoms. The second kappa shape index (κ2) is 5.36. The summed E-state index contributed by atoms with van der Waals surface area (Å²) in [5.41, 5.74) is 8.14. The molecule has 0 bridgehead atoms. The highest BCUT2D eigenvalue weighted by Crippen LogP contribution is 2.34. The summed E-state index contributed by atoms with van der Waals surface area (Å²) in [6.07, 6.45) is 0. The van der Waals surface area contributed by atoms with Crippen LogP contribution in [0.3, 0.4) is 0 Å². The highest BCUT2D eigenvalue weighted by atomic mass is 16.5. The summed E-state index contributed by atoms with van der Waals surface area (Å²) in [5, 5.41) is 0. The van der Waals surface area contributed by atoms with Crippen molar-refractivity contribution in [1.82, 2.24) is 0 Å². The van der Waals surface area contributed by atoms with Crippen LogP contribution in [0.15, 0.2) is 42.5 Å². The van der Waals surface area contributed by atoms with Gasteiger partial charge in [-0.05, 0) is 35.9 Å². The van der Waals surface area contributed by atoms with E-state index in [1.54, 1.807) is 30.2 Å². The molecule has 2 aromatic carbocycles. The van der Waals surface area contributed by atoms with E-state index in [2.05, 4.69) is 0 Å². The maximum atomic E-state index is 12.1. The third-order valence-corrected chi connectivity index (χ3v) is 3.43. The lowest BCUT2D eigenvalue weighted by Crippen LogP contribution is -2.38. The van der Waals surface area contributed by atoms with Crippen LogP contribution in [0.1, 0.15) is 5.56 Å². The van der Waals surface area contributed by atoms with Gasteiger partial charge in [0, 0.05) is 5.69 Å². The molecule has 0 radical (unpaired) electrons. The molecule has 1 aliphatic heterocycles. The Bertz CT molecular complexity index is 668. The summed E-state index contributed by atoms with van der Waals surface area (Å²) in [4.78, 5) is 13.8. The lowest BCUT2D eigenvalue weighted by Gasteiger charge is -2.29. The Labute approximate surface area is 122 Å². The number of methoxy groups -OCH3 is 1. The van der Waals surface area contributed by atoms with Crippen LogP contribution in [-0.2, 0) is 11.3 Å². The average Bonchev–Trinajstić information content (AvgIpc) is 2.51. The first kappa shape index (κ1) is 13.3. The number of amides is 1. The van der Waals surface area contributed by atoms with E-state index in [4.69, 9.17) is 15.2 Å². The van der Waals surface area contributed by atoms with Crippen molar-refractivity contribution in [3.63, 3.8) is 0 Å². The van der Waals surface area contributed by atoms with Crippen LogP contribution in [0.4, 0.5) is 11.4 Å². The minimum atomic E-state index is -0.0797. The lowest BCUT2D eigenvalue weighted by atomic mass is 10.1. The Morgan fingerprint density at radius 2 is 2.00 bits per heavy atom. The number of carbonyl (C=O) groups is 1. The topological polar surface area (TPSA) is 64.8 Å². The van der Waals surface area contributed by atoms with Crippen molar-refractivity contribution < 1.29 is 14.3 Å². The Morgan fingerprint density at radius 1 is 1.24 bits per heavy atom. The van der Waals surface area contributed by atoms with Gasteiger partial charge in [0.15, 0.2) is 6.61 Å². The number of nitrogens with two attached hydrogens (primary N) is 1. The zero-order valence-corrected chi connectivity index (χ0v) is 11.7. The summed E-state index contributed by atoms with van der Waals surface area (Å²) in [5.74, 6) is 1.39. The first-order chi connectivity index (χ1) is 10.2. The van der Waals surface area contributed by atoms with E-state index in [0.29, 0.717) is 23.7 Å². The number of nitrogen functional groups attached to an aromatic ring is 1. The molecule has 0 saturated heterocycles. The number of fused-ring (bicyclic) bond motifs is 1. The summed E-state index contributed by atoms with van der Waals surface area (Å²) in [6.45, 7) is 0.524. The zero-order chi connectivity index (χ0) is 14.8. The summed E-state index contributed by atoms with van der Waals surface area (Å²) in [7, 11) is 1.62. The fraction of sp³-hybridized carbons (Fsp3) is 0.188. The predicted octanol–water partition coefficient (Wildman–Crippen LogP) is 2.20. The average molecular weight is 284 g/mol. The second-order valence-corrected chi connectivity index (χ2v) is 4.84. The molecule has 0 fully saturated rings. The number of nitrogens with zero attached hydrogens (tertiary/aromatic N) is 1. The summed E-state index contributed by atoms with van der Waals surface area (Å²) >= 11 is 0. The number of benzene rings is 2. The Balaban J connectivity index is 1.90. The van der Waals surface area contributed by atoms with Crippen LogP contribution in [-0.4, -0.2) is 19.6 Å². The van der Waals surface area contributed by atoms with Crippen molar-refractivity contribution in [3.05, 3.63) is 48.0 Å². The highest BCUT2D eigenvalue weighted by Gasteiger charge is 2.25. The molecule has 0 atom stereocenters. The molecule has 0 aliphatic carbocycles. The summed E-state index contributed by atoms with van der Waals surface area (Å²) < 4.78 is 10.6. The smallest absolute Gasteiger partial charge is 0.265 e. The van der Waals surface area contributed by atoms with Gasteiger partial charge in [0.05, 0.1) is 19.3 Å². The van der Waals surface area contributed by atoms with Gasteiger partial charge in [-0.2, -0.15) is 0 Å². The van der Waals surface area contributed by atoms with Crippen molar-refractivity contribution in [1.29, 1.82) is 0 Å². The monoisotopic (exact) mass is 284 g/mol. The summed E-state index contributed by atoms with van der Waals surface area (Å²) in [6, 6.07) is 12.9. The first-order valence-corrected chi connectivity index (χ1v) is 6.63. The maximum Gasteiger partial charge on any atom is 0.265 e. The molecule has 0 aromatic heterocycles. The molecular weight excluding hydrogens is 268 g/mol. The molecule has 2 aromatic rings. The van der Waals surface area contributed by atoms with Gasteiger partial charge >= 0.3 is 0 Å². The normalized spacial score (nSPS) is 13.6. The van der Waals surface area contributed by atoms with E-state index < -0.39 is 0 Å². The van der Waals surface area contributed by atoms with E-state index in [9.17, 15) is 4.79 Å². The Morgan fingerprint density at radius 3 is 2.71 bits per heavy atom. The van der Waals surface area contributed by atoms with Crippen LogP contribution >= 0.6 is 0 Å². The standard InChI is InChI=1S/C16H16N2O3/c1-20-13-5-2-11(3-6-13)9-18-14-8-12(17)4-7-15(14)21-10-16(18)19/h2-8H,9-10,17H2,1H3. The molecule has 3 rings (SSSR count). The number of carbonyl (C=O) groups excluding carboxylic acids is 1.